The highest BCUT2D eigenvalue weighted by Crippen LogP contribution is 2.15. The summed E-state index contributed by atoms with van der Waals surface area (Å²) in [6.07, 6.45) is 2.61. The lowest BCUT2D eigenvalue weighted by Crippen LogP contribution is -2.38. The minimum Gasteiger partial charge on any atom is -0.491 e. The van der Waals surface area contributed by atoms with Crippen LogP contribution in [0, 0.1) is 3.70 Å². The van der Waals surface area contributed by atoms with E-state index in [4.69, 9.17) is 27.0 Å². The van der Waals surface area contributed by atoms with Crippen molar-refractivity contribution in [1.29, 1.82) is 0 Å². The van der Waals surface area contributed by atoms with Crippen LogP contribution in [-0.2, 0) is 6.42 Å². The van der Waals surface area contributed by atoms with Crippen molar-refractivity contribution in [3.63, 3.8) is 0 Å². The van der Waals surface area contributed by atoms with E-state index >= 15 is 0 Å². The van der Waals surface area contributed by atoms with E-state index in [9.17, 15) is 4.79 Å². The summed E-state index contributed by atoms with van der Waals surface area (Å²) in [5.41, 5.74) is 18.2. The van der Waals surface area contributed by atoms with Gasteiger partial charge in [-0.2, -0.15) is 0 Å². The van der Waals surface area contributed by atoms with Crippen molar-refractivity contribution in [1.82, 2.24) is 15.3 Å². The van der Waals surface area contributed by atoms with E-state index in [0.717, 1.165) is 25.0 Å². The molecule has 0 spiro atoms. The number of aliphatic hydroxyl groups excluding tert-OH is 1. The van der Waals surface area contributed by atoms with E-state index in [-0.39, 0.29) is 36.5 Å². The van der Waals surface area contributed by atoms with E-state index in [1.165, 1.54) is 5.56 Å². The van der Waals surface area contributed by atoms with Crippen LogP contribution in [-0.4, -0.2) is 46.7 Å². The molecular formula is C18H24IN7O3. The van der Waals surface area contributed by atoms with Crippen molar-refractivity contribution >= 4 is 46.1 Å². The first-order valence-corrected chi connectivity index (χ1v) is 10.0. The Bertz CT molecular complexity index is 859. The minimum absolute atomic E-state index is 0.00609. The molecule has 0 saturated heterocycles. The number of nitrogens with one attached hydrogen (secondary N) is 1. The minimum atomic E-state index is -0.585. The molecule has 11 heteroatoms. The second kappa shape index (κ2) is 11.4. The molecule has 1 aromatic heterocycles. The molecule has 1 heterocycles. The standard InChI is InChI=1S/C18H24IN7O3/c19-14-16(21)25-15(20)13(24-14)17(28)26-18(22)23-8-2-1-3-11-4-6-12(7-5-11)29-10-9-27/h4-7,27H,1-3,8-10H2,(H4,20,21,25)(H3,22,23,26,28). The van der Waals surface area contributed by atoms with Gasteiger partial charge < -0.3 is 27.0 Å². The number of hydrogen-bond acceptors (Lipinski definition) is 8. The molecule has 8 N–H and O–H groups in total. The normalized spacial score (nSPS) is 11.3. The summed E-state index contributed by atoms with van der Waals surface area (Å²) in [6.45, 7) is 0.752. The average Bonchev–Trinajstić information content (AvgIpc) is 2.69. The Morgan fingerprint density at radius 1 is 1.17 bits per heavy atom. The Balaban J connectivity index is 1.74. The Labute approximate surface area is 182 Å². The Morgan fingerprint density at radius 3 is 2.59 bits per heavy atom. The largest absolute Gasteiger partial charge is 0.491 e. The number of amides is 1. The second-order valence-corrected chi connectivity index (χ2v) is 7.05. The van der Waals surface area contributed by atoms with Crippen molar-refractivity contribution in [2.45, 2.75) is 19.3 Å². The number of nitrogens with zero attached hydrogens (tertiary/aromatic N) is 3. The zero-order valence-corrected chi connectivity index (χ0v) is 17.9. The van der Waals surface area contributed by atoms with Crippen molar-refractivity contribution in [3.05, 3.63) is 39.2 Å². The van der Waals surface area contributed by atoms with Gasteiger partial charge >= 0.3 is 0 Å². The smallest absolute Gasteiger partial charge is 0.280 e. The number of aliphatic hydroxyl groups is 1. The summed E-state index contributed by atoms with van der Waals surface area (Å²) in [5, 5.41) is 11.2. The van der Waals surface area contributed by atoms with Crippen LogP contribution >= 0.6 is 22.6 Å². The number of aliphatic imine (C=N–C) groups is 1. The van der Waals surface area contributed by atoms with Gasteiger partial charge in [-0.3, -0.25) is 15.1 Å². The number of rotatable bonds is 9. The van der Waals surface area contributed by atoms with Crippen LogP contribution in [0.5, 0.6) is 5.75 Å². The molecule has 0 unspecified atom stereocenters. The molecule has 2 aromatic rings. The number of nitrogens with two attached hydrogens (primary N) is 3. The average molecular weight is 513 g/mol. The Morgan fingerprint density at radius 2 is 1.90 bits per heavy atom. The first-order valence-electron chi connectivity index (χ1n) is 8.93. The van der Waals surface area contributed by atoms with Crippen molar-refractivity contribution in [2.75, 3.05) is 31.2 Å². The van der Waals surface area contributed by atoms with Gasteiger partial charge in [0.25, 0.3) is 5.91 Å². The fraction of sp³-hybridized carbons (Fsp3) is 0.333. The summed E-state index contributed by atoms with van der Waals surface area (Å²) >= 11 is 1.87. The number of carbonyl (C=O) groups excluding carboxylic acids is 1. The Kier molecular flexibility index (Phi) is 8.86. The van der Waals surface area contributed by atoms with Crippen molar-refractivity contribution < 1.29 is 14.6 Å². The number of unbranched alkanes of at least 4 members (excludes halogenated alkanes) is 1. The molecule has 156 valence electrons. The van der Waals surface area contributed by atoms with Gasteiger partial charge in [0.2, 0.25) is 0 Å². The SMILES string of the molecule is NC(=NCCCCc1ccc(OCCO)cc1)NC(=O)c1nc(I)c(N)nc1N. The predicted octanol–water partition coefficient (Wildman–Crippen LogP) is 0.684. The van der Waals surface area contributed by atoms with Crippen LogP contribution in [0.1, 0.15) is 28.9 Å². The van der Waals surface area contributed by atoms with Gasteiger partial charge in [0.1, 0.15) is 16.1 Å². The van der Waals surface area contributed by atoms with Gasteiger partial charge in [0, 0.05) is 6.54 Å². The van der Waals surface area contributed by atoms with Crippen molar-refractivity contribution in [3.8, 4) is 5.75 Å². The fourth-order valence-corrected chi connectivity index (χ4v) is 2.74. The lowest BCUT2D eigenvalue weighted by molar-refractivity contribution is 0.0972. The summed E-state index contributed by atoms with van der Waals surface area (Å²) in [4.78, 5) is 24.2. The maximum Gasteiger partial charge on any atom is 0.280 e. The number of guanidine groups is 1. The summed E-state index contributed by atoms with van der Waals surface area (Å²) in [6, 6.07) is 7.74. The zero-order valence-electron chi connectivity index (χ0n) is 15.8. The maximum absolute atomic E-state index is 12.2. The first-order chi connectivity index (χ1) is 13.9. The topological polar surface area (TPSA) is 175 Å². The van der Waals surface area contributed by atoms with Crippen LogP contribution in [0.25, 0.3) is 0 Å². The third-order valence-electron chi connectivity index (χ3n) is 3.80. The number of halogens is 1. The molecular weight excluding hydrogens is 489 g/mol. The molecule has 29 heavy (non-hydrogen) atoms. The van der Waals surface area contributed by atoms with E-state index in [1.54, 1.807) is 0 Å². The second-order valence-electron chi connectivity index (χ2n) is 6.03. The highest BCUT2D eigenvalue weighted by atomic mass is 127. The molecule has 0 aliphatic heterocycles. The third kappa shape index (κ3) is 7.34. The van der Waals surface area contributed by atoms with Crippen molar-refractivity contribution in [2.24, 2.45) is 10.7 Å². The van der Waals surface area contributed by atoms with Crippen LogP contribution in [0.2, 0.25) is 0 Å². The molecule has 0 radical (unpaired) electrons. The van der Waals surface area contributed by atoms with Gasteiger partial charge in [-0.05, 0) is 59.5 Å². The molecule has 0 fully saturated rings. The zero-order chi connectivity index (χ0) is 21.2. The summed E-state index contributed by atoms with van der Waals surface area (Å²) < 4.78 is 5.70. The number of ether oxygens (including phenoxy) is 1. The van der Waals surface area contributed by atoms with Gasteiger partial charge in [-0.25, -0.2) is 9.97 Å². The van der Waals surface area contributed by atoms with E-state index in [0.29, 0.717) is 10.2 Å². The quantitative estimate of drug-likeness (QED) is 0.141. The monoisotopic (exact) mass is 513 g/mol. The van der Waals surface area contributed by atoms with Crippen LogP contribution in [0.15, 0.2) is 29.3 Å². The van der Waals surface area contributed by atoms with Gasteiger partial charge in [0.15, 0.2) is 23.3 Å². The number of benzene rings is 1. The maximum atomic E-state index is 12.2. The number of aryl methyl sites for hydroxylation is 1. The first kappa shape index (κ1) is 22.6. The van der Waals surface area contributed by atoms with Crippen LogP contribution in [0.3, 0.4) is 0 Å². The highest BCUT2D eigenvalue weighted by Gasteiger charge is 2.16. The molecule has 10 nitrogen and oxygen atoms in total. The number of anilines is 2. The molecule has 0 aliphatic carbocycles. The molecule has 2 rings (SSSR count). The Hall–Kier alpha value is -2.67. The number of hydrogen-bond donors (Lipinski definition) is 5. The molecule has 0 atom stereocenters. The van der Waals surface area contributed by atoms with E-state index in [2.05, 4.69) is 20.3 Å². The van der Waals surface area contributed by atoms with Crippen LogP contribution < -0.4 is 27.3 Å². The van der Waals surface area contributed by atoms with E-state index in [1.807, 2.05) is 46.9 Å². The number of carbonyl (C=O) groups is 1. The van der Waals surface area contributed by atoms with Gasteiger partial charge in [-0.15, -0.1) is 0 Å². The molecule has 0 bridgehead atoms. The van der Waals surface area contributed by atoms with Gasteiger partial charge in [-0.1, -0.05) is 12.1 Å². The molecule has 1 aromatic carbocycles. The fourth-order valence-electron chi connectivity index (χ4n) is 2.38. The highest BCUT2D eigenvalue weighted by molar-refractivity contribution is 14.1. The van der Waals surface area contributed by atoms with Crippen LogP contribution in [0.4, 0.5) is 11.6 Å². The number of nitrogen functional groups attached to an aromatic ring is 2. The lowest BCUT2D eigenvalue weighted by atomic mass is 10.1. The third-order valence-corrected chi connectivity index (χ3v) is 4.59. The summed E-state index contributed by atoms with van der Waals surface area (Å²) in [7, 11) is 0. The molecule has 0 aliphatic rings. The number of aromatic nitrogens is 2. The molecule has 0 saturated carbocycles. The van der Waals surface area contributed by atoms with E-state index < -0.39 is 5.91 Å². The lowest BCUT2D eigenvalue weighted by Gasteiger charge is -2.07. The molecule has 1 amide bonds. The summed E-state index contributed by atoms with van der Waals surface area (Å²) in [5.74, 6) is 0.234. The predicted molar refractivity (Wildman–Crippen MR) is 119 cm³/mol. The van der Waals surface area contributed by atoms with Gasteiger partial charge in [0.05, 0.1) is 6.61 Å².